The molecule has 0 bridgehead atoms. The molecule has 1 atom stereocenters. The van der Waals surface area contributed by atoms with Crippen LogP contribution in [0.2, 0.25) is 0 Å². The first kappa shape index (κ1) is 16.4. The van der Waals surface area contributed by atoms with Crippen molar-refractivity contribution in [2.75, 3.05) is 11.1 Å². The van der Waals surface area contributed by atoms with Crippen LogP contribution in [0.3, 0.4) is 0 Å². The van der Waals surface area contributed by atoms with E-state index < -0.39 is 6.23 Å². The second kappa shape index (κ2) is 6.70. The Morgan fingerprint density at radius 3 is 2.54 bits per heavy atom. The smallest absolute Gasteiger partial charge is 0.180 e. The van der Waals surface area contributed by atoms with Crippen molar-refractivity contribution in [3.8, 4) is 10.4 Å². The van der Waals surface area contributed by atoms with Crippen LogP contribution in [0.1, 0.15) is 11.8 Å². The number of aliphatic hydroxyl groups excluding tert-OH is 1. The van der Waals surface area contributed by atoms with Crippen molar-refractivity contribution in [3.05, 3.63) is 72.3 Å². The largest absolute Gasteiger partial charge is 0.375 e. The lowest BCUT2D eigenvalue weighted by Gasteiger charge is -2.14. The molecule has 0 amide bonds. The number of nitrogens with two attached hydrogens (primary N) is 1. The molecule has 7 heteroatoms. The lowest BCUT2D eigenvalue weighted by Crippen LogP contribution is -2.10. The number of hydrogen-bond donors (Lipinski definition) is 3. The van der Waals surface area contributed by atoms with Gasteiger partial charge in [-0.15, -0.1) is 0 Å². The van der Waals surface area contributed by atoms with E-state index in [0.717, 1.165) is 21.2 Å². The average Bonchev–Trinajstić information content (AvgIpc) is 3.08. The number of nitrogens with zero attached hydrogens (tertiary/aromatic N) is 2. The topological polar surface area (TPSA) is 84.1 Å². The first-order chi connectivity index (χ1) is 12.6. The molecule has 26 heavy (non-hydrogen) atoms. The van der Waals surface area contributed by atoms with Crippen LogP contribution in [0.25, 0.3) is 21.2 Å². The second-order valence-corrected chi connectivity index (χ2v) is 6.85. The van der Waals surface area contributed by atoms with E-state index in [-0.39, 0.29) is 5.82 Å². The van der Waals surface area contributed by atoms with Crippen LogP contribution < -0.4 is 11.1 Å². The minimum absolute atomic E-state index is 0.346. The van der Waals surface area contributed by atoms with Gasteiger partial charge in [-0.3, -0.25) is 0 Å². The molecule has 2 aromatic heterocycles. The second-order valence-electron chi connectivity index (χ2n) is 5.79. The summed E-state index contributed by atoms with van der Waals surface area (Å²) in [6.07, 6.45) is 2.50. The van der Waals surface area contributed by atoms with Gasteiger partial charge in [0.2, 0.25) is 0 Å². The number of anilines is 2. The molecular formula is C19H15FN4OS. The van der Waals surface area contributed by atoms with E-state index in [9.17, 15) is 9.50 Å². The van der Waals surface area contributed by atoms with Gasteiger partial charge in [0.1, 0.15) is 11.6 Å². The lowest BCUT2D eigenvalue weighted by molar-refractivity contribution is 0.207. The Morgan fingerprint density at radius 2 is 1.81 bits per heavy atom. The molecule has 0 aliphatic heterocycles. The molecule has 0 radical (unpaired) electrons. The van der Waals surface area contributed by atoms with E-state index in [1.165, 1.54) is 35.6 Å². The highest BCUT2D eigenvalue weighted by Crippen LogP contribution is 2.30. The molecule has 5 nitrogen and oxygen atoms in total. The number of aliphatic hydroxyl groups is 1. The van der Waals surface area contributed by atoms with Gasteiger partial charge in [0.25, 0.3) is 0 Å². The number of fused-ring (bicyclic) bond motifs is 1. The zero-order valence-corrected chi connectivity index (χ0v) is 14.4. The van der Waals surface area contributed by atoms with Gasteiger partial charge >= 0.3 is 0 Å². The fraction of sp³-hybridized carbons (Fsp3) is 0.0526. The maximum atomic E-state index is 13.0. The molecule has 0 aliphatic rings. The van der Waals surface area contributed by atoms with Crippen molar-refractivity contribution < 1.29 is 9.50 Å². The van der Waals surface area contributed by atoms with Crippen molar-refractivity contribution >= 4 is 33.1 Å². The third-order valence-corrected chi connectivity index (χ3v) is 4.88. The average molecular weight is 366 g/mol. The monoisotopic (exact) mass is 366 g/mol. The van der Waals surface area contributed by atoms with Gasteiger partial charge in [0.05, 0.1) is 4.88 Å². The third kappa shape index (κ3) is 3.35. The molecule has 2 aromatic carbocycles. The van der Waals surface area contributed by atoms with Gasteiger partial charge in [0.15, 0.2) is 11.4 Å². The zero-order valence-electron chi connectivity index (χ0n) is 13.6. The highest BCUT2D eigenvalue weighted by atomic mass is 32.1. The molecular weight excluding hydrogens is 351 g/mol. The van der Waals surface area contributed by atoms with Gasteiger partial charge in [-0.25, -0.2) is 14.4 Å². The summed E-state index contributed by atoms with van der Waals surface area (Å²) in [4.78, 5) is 9.39. The van der Waals surface area contributed by atoms with E-state index in [2.05, 4.69) is 15.3 Å². The maximum Gasteiger partial charge on any atom is 0.180 e. The number of aromatic nitrogens is 2. The molecule has 0 aliphatic carbocycles. The van der Waals surface area contributed by atoms with E-state index in [4.69, 9.17) is 5.73 Å². The van der Waals surface area contributed by atoms with Crippen molar-refractivity contribution in [3.63, 3.8) is 0 Å². The fourth-order valence-electron chi connectivity index (χ4n) is 2.66. The van der Waals surface area contributed by atoms with Gasteiger partial charge in [-0.2, -0.15) is 0 Å². The number of nitrogen functional groups attached to an aromatic ring is 1. The number of rotatable bonds is 4. The molecule has 4 aromatic rings. The van der Waals surface area contributed by atoms with E-state index in [1.54, 1.807) is 12.4 Å². The molecule has 0 fully saturated rings. The number of pyridine rings is 1. The Labute approximate surface area is 153 Å². The standard InChI is InChI=1S/C19H15FN4OS/c20-15-5-3-11(4-6-15)18(25)24-17-8-14-7-12(1-2-13(14)9-22-17)16-10-23-19(21)26-16/h1-10,18,25H,(H2,21,23)(H,22,24). The van der Waals surface area contributed by atoms with Crippen LogP contribution in [-0.2, 0) is 0 Å². The Hall–Kier alpha value is -3.03. The molecule has 0 saturated heterocycles. The summed E-state index contributed by atoms with van der Waals surface area (Å²) in [6.45, 7) is 0. The van der Waals surface area contributed by atoms with E-state index in [0.29, 0.717) is 16.5 Å². The molecule has 0 spiro atoms. The molecule has 130 valence electrons. The fourth-order valence-corrected chi connectivity index (χ4v) is 3.34. The molecule has 4 N–H and O–H groups in total. The first-order valence-electron chi connectivity index (χ1n) is 7.90. The maximum absolute atomic E-state index is 13.0. The van der Waals surface area contributed by atoms with Crippen LogP contribution in [0.5, 0.6) is 0 Å². The van der Waals surface area contributed by atoms with Crippen molar-refractivity contribution in [2.45, 2.75) is 6.23 Å². The minimum Gasteiger partial charge on any atom is -0.375 e. The summed E-state index contributed by atoms with van der Waals surface area (Å²) in [5.74, 6) is 0.177. The SMILES string of the molecule is Nc1ncc(-c2ccc3cnc(NC(O)c4ccc(F)cc4)cc3c2)s1. The quantitative estimate of drug-likeness (QED) is 0.472. The highest BCUT2D eigenvalue weighted by Gasteiger charge is 2.09. The zero-order chi connectivity index (χ0) is 18.1. The summed E-state index contributed by atoms with van der Waals surface area (Å²) in [5.41, 5.74) is 7.28. The van der Waals surface area contributed by atoms with Gasteiger partial charge < -0.3 is 16.2 Å². The Kier molecular flexibility index (Phi) is 4.24. The van der Waals surface area contributed by atoms with Crippen LogP contribution >= 0.6 is 11.3 Å². The predicted molar refractivity (Wildman–Crippen MR) is 102 cm³/mol. The minimum atomic E-state index is -0.981. The van der Waals surface area contributed by atoms with Crippen LogP contribution in [0.4, 0.5) is 15.3 Å². The summed E-state index contributed by atoms with van der Waals surface area (Å²) < 4.78 is 13.0. The van der Waals surface area contributed by atoms with Gasteiger partial charge in [-0.1, -0.05) is 35.6 Å². The molecule has 0 saturated carbocycles. The molecule has 4 rings (SSSR count). The summed E-state index contributed by atoms with van der Waals surface area (Å²) in [5, 5.41) is 15.7. The summed E-state index contributed by atoms with van der Waals surface area (Å²) in [7, 11) is 0. The van der Waals surface area contributed by atoms with Gasteiger partial charge in [0, 0.05) is 23.3 Å². The van der Waals surface area contributed by atoms with Crippen molar-refractivity contribution in [1.82, 2.24) is 9.97 Å². The third-order valence-electron chi connectivity index (χ3n) is 4.00. The first-order valence-corrected chi connectivity index (χ1v) is 8.72. The normalized spacial score (nSPS) is 12.2. The van der Waals surface area contributed by atoms with Crippen LogP contribution in [-0.4, -0.2) is 15.1 Å². The van der Waals surface area contributed by atoms with E-state index >= 15 is 0 Å². The Bertz CT molecular complexity index is 1060. The Balaban J connectivity index is 1.62. The summed E-state index contributed by atoms with van der Waals surface area (Å²) in [6, 6.07) is 13.5. The van der Waals surface area contributed by atoms with Crippen LogP contribution in [0.15, 0.2) is 60.9 Å². The highest BCUT2D eigenvalue weighted by molar-refractivity contribution is 7.18. The number of halogens is 1. The number of hydrogen-bond acceptors (Lipinski definition) is 6. The molecule has 1 unspecified atom stereocenters. The number of thiazole rings is 1. The Morgan fingerprint density at radius 1 is 1.00 bits per heavy atom. The van der Waals surface area contributed by atoms with Crippen molar-refractivity contribution in [1.29, 1.82) is 0 Å². The van der Waals surface area contributed by atoms with Crippen LogP contribution in [0, 0.1) is 5.82 Å². The van der Waals surface area contributed by atoms with E-state index in [1.807, 2.05) is 24.3 Å². The summed E-state index contributed by atoms with van der Waals surface area (Å²) >= 11 is 1.43. The predicted octanol–water partition coefficient (Wildman–Crippen LogP) is 4.18. The number of nitrogens with one attached hydrogen (secondary N) is 1. The lowest BCUT2D eigenvalue weighted by atomic mass is 10.1. The molecule has 2 heterocycles. The van der Waals surface area contributed by atoms with Crippen molar-refractivity contribution in [2.24, 2.45) is 0 Å². The number of benzene rings is 2. The van der Waals surface area contributed by atoms with Gasteiger partial charge in [-0.05, 0) is 35.2 Å².